The third-order valence-electron chi connectivity index (χ3n) is 3.02. The number of piperidine rings is 1. The van der Waals surface area contributed by atoms with Gasteiger partial charge in [-0.15, -0.1) is 0 Å². The molecule has 0 saturated carbocycles. The number of carbonyl (C=O) groups is 1. The number of carboxylic acids is 1. The van der Waals surface area contributed by atoms with E-state index in [9.17, 15) is 4.79 Å². The minimum Gasteiger partial charge on any atom is -0.478 e. The minimum absolute atomic E-state index is 0.154. The van der Waals surface area contributed by atoms with Gasteiger partial charge in [0.15, 0.2) is 0 Å². The van der Waals surface area contributed by atoms with Crippen LogP contribution < -0.4 is 5.32 Å². The molecule has 2 N–H and O–H groups in total. The molecule has 2 heterocycles. The standard InChI is InChI=1S/C12H16ClN3O2/c1-16-4-2-3-9(7-16)14-11-6-8(12(17)18)5-10(13)15-11/h5-6,9H,2-4,7H2,1H3,(H,14,15)(H,17,18). The monoisotopic (exact) mass is 269 g/mol. The fourth-order valence-electron chi connectivity index (χ4n) is 2.19. The fourth-order valence-corrected chi connectivity index (χ4v) is 2.40. The lowest BCUT2D eigenvalue weighted by atomic mass is 10.1. The summed E-state index contributed by atoms with van der Waals surface area (Å²) in [4.78, 5) is 17.3. The van der Waals surface area contributed by atoms with Crippen LogP contribution in [-0.4, -0.2) is 47.1 Å². The highest BCUT2D eigenvalue weighted by atomic mass is 35.5. The summed E-state index contributed by atoms with van der Waals surface area (Å²) in [7, 11) is 2.07. The first kappa shape index (κ1) is 13.1. The molecule has 0 bridgehead atoms. The van der Waals surface area contributed by atoms with Crippen LogP contribution in [-0.2, 0) is 0 Å². The zero-order valence-corrected chi connectivity index (χ0v) is 10.9. The van der Waals surface area contributed by atoms with Crippen molar-refractivity contribution in [3.8, 4) is 0 Å². The molecule has 1 aliphatic rings. The Morgan fingerprint density at radius 2 is 2.39 bits per heavy atom. The number of carboxylic acid groups (broad SMARTS) is 1. The highest BCUT2D eigenvalue weighted by Crippen LogP contribution is 2.18. The van der Waals surface area contributed by atoms with Crippen molar-refractivity contribution >= 4 is 23.4 Å². The molecule has 0 radical (unpaired) electrons. The van der Waals surface area contributed by atoms with Gasteiger partial charge in [-0.3, -0.25) is 0 Å². The van der Waals surface area contributed by atoms with E-state index in [1.807, 2.05) is 0 Å². The van der Waals surface area contributed by atoms with Crippen molar-refractivity contribution in [2.24, 2.45) is 0 Å². The maximum atomic E-state index is 10.9. The Balaban J connectivity index is 2.10. The summed E-state index contributed by atoms with van der Waals surface area (Å²) in [5.41, 5.74) is 0.154. The van der Waals surface area contributed by atoms with Crippen molar-refractivity contribution in [2.75, 3.05) is 25.5 Å². The summed E-state index contributed by atoms with van der Waals surface area (Å²) in [6.45, 7) is 2.03. The van der Waals surface area contributed by atoms with Crippen LogP contribution in [0.25, 0.3) is 0 Å². The molecule has 1 aromatic rings. The number of aromatic carboxylic acids is 1. The largest absolute Gasteiger partial charge is 0.478 e. The van der Waals surface area contributed by atoms with Crippen LogP contribution in [0.1, 0.15) is 23.2 Å². The lowest BCUT2D eigenvalue weighted by molar-refractivity contribution is 0.0697. The van der Waals surface area contributed by atoms with Gasteiger partial charge >= 0.3 is 5.97 Å². The number of nitrogens with zero attached hydrogens (tertiary/aromatic N) is 2. The Kier molecular flexibility index (Phi) is 4.04. The molecule has 0 aliphatic carbocycles. The van der Waals surface area contributed by atoms with Crippen LogP contribution >= 0.6 is 11.6 Å². The van der Waals surface area contributed by atoms with Gasteiger partial charge in [0.25, 0.3) is 0 Å². The molecule has 98 valence electrons. The van der Waals surface area contributed by atoms with Crippen molar-refractivity contribution in [3.05, 3.63) is 22.8 Å². The van der Waals surface area contributed by atoms with Gasteiger partial charge in [0, 0.05) is 12.6 Å². The van der Waals surface area contributed by atoms with Gasteiger partial charge in [0.2, 0.25) is 0 Å². The molecule has 1 fully saturated rings. The Bertz CT molecular complexity index is 453. The number of halogens is 1. The Morgan fingerprint density at radius 1 is 1.61 bits per heavy atom. The quantitative estimate of drug-likeness (QED) is 0.821. The predicted octanol–water partition coefficient (Wildman–Crippen LogP) is 1.94. The molecule has 1 unspecified atom stereocenters. The second-order valence-electron chi connectivity index (χ2n) is 4.61. The van der Waals surface area contributed by atoms with Gasteiger partial charge in [-0.25, -0.2) is 9.78 Å². The fraction of sp³-hybridized carbons (Fsp3) is 0.500. The number of aromatic nitrogens is 1. The minimum atomic E-state index is -0.997. The zero-order chi connectivity index (χ0) is 13.1. The Morgan fingerprint density at radius 3 is 3.06 bits per heavy atom. The van der Waals surface area contributed by atoms with Crippen LogP contribution in [0.3, 0.4) is 0 Å². The zero-order valence-electron chi connectivity index (χ0n) is 10.2. The molecule has 0 spiro atoms. The maximum absolute atomic E-state index is 10.9. The van der Waals surface area contributed by atoms with Crippen molar-refractivity contribution in [1.82, 2.24) is 9.88 Å². The lowest BCUT2D eigenvalue weighted by Crippen LogP contribution is -2.39. The van der Waals surface area contributed by atoms with Crippen LogP contribution in [0.15, 0.2) is 12.1 Å². The normalized spacial score (nSPS) is 20.7. The van der Waals surface area contributed by atoms with Crippen molar-refractivity contribution in [2.45, 2.75) is 18.9 Å². The molecular weight excluding hydrogens is 254 g/mol. The predicted molar refractivity (Wildman–Crippen MR) is 70.3 cm³/mol. The van der Waals surface area contributed by atoms with E-state index >= 15 is 0 Å². The molecule has 0 amide bonds. The molecule has 6 heteroatoms. The van der Waals surface area contributed by atoms with Gasteiger partial charge in [-0.2, -0.15) is 0 Å². The number of anilines is 1. The third kappa shape index (κ3) is 3.34. The number of pyridine rings is 1. The van der Waals surface area contributed by atoms with Crippen LogP contribution in [0.4, 0.5) is 5.82 Å². The first-order valence-corrected chi connectivity index (χ1v) is 6.28. The third-order valence-corrected chi connectivity index (χ3v) is 3.21. The van der Waals surface area contributed by atoms with E-state index in [2.05, 4.69) is 22.2 Å². The summed E-state index contributed by atoms with van der Waals surface area (Å²) in [6, 6.07) is 3.15. The molecule has 1 aromatic heterocycles. The summed E-state index contributed by atoms with van der Waals surface area (Å²) >= 11 is 5.82. The highest BCUT2D eigenvalue weighted by Gasteiger charge is 2.18. The number of hydrogen-bond acceptors (Lipinski definition) is 4. The SMILES string of the molecule is CN1CCCC(Nc2cc(C(=O)O)cc(Cl)n2)C1. The van der Waals surface area contributed by atoms with E-state index < -0.39 is 5.97 Å². The topological polar surface area (TPSA) is 65.5 Å². The molecule has 2 rings (SSSR count). The Labute approximate surface area is 111 Å². The van der Waals surface area contributed by atoms with E-state index in [1.165, 1.54) is 12.1 Å². The molecular formula is C12H16ClN3O2. The second-order valence-corrected chi connectivity index (χ2v) is 5.00. The smallest absolute Gasteiger partial charge is 0.335 e. The van der Waals surface area contributed by atoms with E-state index in [-0.39, 0.29) is 16.8 Å². The summed E-state index contributed by atoms with van der Waals surface area (Å²) in [6.07, 6.45) is 2.18. The average Bonchev–Trinajstić information content (AvgIpc) is 2.28. The summed E-state index contributed by atoms with van der Waals surface area (Å²) in [5, 5.41) is 12.4. The van der Waals surface area contributed by atoms with Gasteiger partial charge < -0.3 is 15.3 Å². The Hall–Kier alpha value is -1.33. The number of nitrogens with one attached hydrogen (secondary N) is 1. The van der Waals surface area contributed by atoms with Crippen molar-refractivity contribution < 1.29 is 9.90 Å². The van der Waals surface area contributed by atoms with E-state index in [0.717, 1.165) is 25.9 Å². The molecule has 1 aliphatic heterocycles. The van der Waals surface area contributed by atoms with E-state index in [1.54, 1.807) is 0 Å². The average molecular weight is 270 g/mol. The van der Waals surface area contributed by atoms with Crippen molar-refractivity contribution in [3.63, 3.8) is 0 Å². The van der Waals surface area contributed by atoms with Crippen LogP contribution in [0.5, 0.6) is 0 Å². The van der Waals surface area contributed by atoms with E-state index in [0.29, 0.717) is 5.82 Å². The van der Waals surface area contributed by atoms with E-state index in [4.69, 9.17) is 16.7 Å². The number of likely N-dealkylation sites (tertiary alicyclic amines) is 1. The van der Waals surface area contributed by atoms with Gasteiger partial charge in [0.1, 0.15) is 11.0 Å². The summed E-state index contributed by atoms with van der Waals surface area (Å²) < 4.78 is 0. The molecule has 0 aromatic carbocycles. The molecule has 18 heavy (non-hydrogen) atoms. The first-order chi connectivity index (χ1) is 8.54. The molecule has 1 atom stereocenters. The first-order valence-electron chi connectivity index (χ1n) is 5.90. The van der Waals surface area contributed by atoms with Crippen LogP contribution in [0.2, 0.25) is 5.15 Å². The molecule has 5 nitrogen and oxygen atoms in total. The number of hydrogen-bond donors (Lipinski definition) is 2. The van der Waals surface area contributed by atoms with Gasteiger partial charge in [-0.05, 0) is 38.6 Å². The lowest BCUT2D eigenvalue weighted by Gasteiger charge is -2.30. The number of rotatable bonds is 3. The second kappa shape index (κ2) is 5.54. The van der Waals surface area contributed by atoms with Crippen LogP contribution in [0, 0.1) is 0 Å². The highest BCUT2D eigenvalue weighted by molar-refractivity contribution is 6.29. The number of likely N-dealkylation sites (N-methyl/N-ethyl adjacent to an activating group) is 1. The molecule has 1 saturated heterocycles. The maximum Gasteiger partial charge on any atom is 0.335 e. The van der Waals surface area contributed by atoms with Crippen molar-refractivity contribution in [1.29, 1.82) is 0 Å². The summed E-state index contributed by atoms with van der Waals surface area (Å²) in [5.74, 6) is -0.469. The van der Waals surface area contributed by atoms with Gasteiger partial charge in [-0.1, -0.05) is 11.6 Å². The van der Waals surface area contributed by atoms with Gasteiger partial charge in [0.05, 0.1) is 5.56 Å².